The number of nitrogens with one attached hydrogen (secondary N) is 1. The molecule has 2 nitrogen and oxygen atoms in total. The van der Waals surface area contributed by atoms with E-state index in [1.54, 1.807) is 12.1 Å². The van der Waals surface area contributed by atoms with E-state index < -0.39 is 5.91 Å². The number of benzene rings is 1. The lowest BCUT2D eigenvalue weighted by Gasteiger charge is -2.01. The lowest BCUT2D eigenvalue weighted by molar-refractivity contribution is -0.112. The van der Waals surface area contributed by atoms with Crippen LogP contribution < -0.4 is 5.32 Å². The van der Waals surface area contributed by atoms with Gasteiger partial charge in [0.2, 0.25) is 0 Å². The van der Waals surface area contributed by atoms with Gasteiger partial charge in [0.05, 0.1) is 0 Å². The summed E-state index contributed by atoms with van der Waals surface area (Å²) in [6.07, 6.45) is 0. The molecule has 1 N–H and O–H groups in total. The minimum atomic E-state index is -0.414. The Hall–Kier alpha value is -0.990. The van der Waals surface area contributed by atoms with E-state index in [2.05, 4.69) is 5.32 Å². The fourth-order valence-corrected chi connectivity index (χ4v) is 0.908. The van der Waals surface area contributed by atoms with Crippen LogP contribution in [-0.2, 0) is 4.79 Å². The van der Waals surface area contributed by atoms with Crippen molar-refractivity contribution >= 4 is 34.8 Å². The Balaban J connectivity index is 2.66. The minimum Gasteiger partial charge on any atom is -0.321 e. The van der Waals surface area contributed by atoms with E-state index in [1.807, 2.05) is 18.2 Å². The zero-order valence-electron chi connectivity index (χ0n) is 6.63. The van der Waals surface area contributed by atoms with Crippen molar-refractivity contribution in [2.45, 2.75) is 0 Å². The summed E-state index contributed by atoms with van der Waals surface area (Å²) < 4.78 is 0. The highest BCUT2D eigenvalue weighted by atomic mass is 35.5. The van der Waals surface area contributed by atoms with Gasteiger partial charge in [0, 0.05) is 11.2 Å². The van der Waals surface area contributed by atoms with E-state index in [1.165, 1.54) is 0 Å². The number of anilines is 1. The zero-order valence-corrected chi connectivity index (χ0v) is 8.14. The maximum absolute atomic E-state index is 11.1. The van der Waals surface area contributed by atoms with Crippen molar-refractivity contribution in [2.75, 3.05) is 5.32 Å². The molecule has 0 heterocycles. The third-order valence-corrected chi connectivity index (χ3v) is 1.96. The molecule has 0 aliphatic carbocycles. The highest BCUT2D eigenvalue weighted by Crippen LogP contribution is 2.10. The van der Waals surface area contributed by atoms with Crippen LogP contribution in [-0.4, -0.2) is 5.91 Å². The normalized spacial score (nSPS) is 11.1. The molecule has 13 heavy (non-hydrogen) atoms. The Labute approximate surface area is 86.2 Å². The van der Waals surface area contributed by atoms with Gasteiger partial charge in [-0.05, 0) is 12.1 Å². The minimum absolute atomic E-state index is 0.0366. The monoisotopic (exact) mass is 215 g/mol. The number of halogens is 2. The van der Waals surface area contributed by atoms with Crippen molar-refractivity contribution in [3.63, 3.8) is 0 Å². The number of hydrogen-bond donors (Lipinski definition) is 1. The molecule has 0 bridgehead atoms. The molecule has 1 aromatic carbocycles. The van der Waals surface area contributed by atoms with Crippen LogP contribution in [0.5, 0.6) is 0 Å². The molecule has 0 aliphatic rings. The molecule has 1 aromatic rings. The van der Waals surface area contributed by atoms with E-state index in [0.717, 1.165) is 5.54 Å². The maximum Gasteiger partial charge on any atom is 0.268 e. The van der Waals surface area contributed by atoms with E-state index in [0.29, 0.717) is 5.69 Å². The number of carbonyl (C=O) groups is 1. The summed E-state index contributed by atoms with van der Waals surface area (Å²) in [6, 6.07) is 9.00. The number of carbonyl (C=O) groups excluding carboxylic acids is 1. The lowest BCUT2D eigenvalue weighted by Crippen LogP contribution is -2.10. The van der Waals surface area contributed by atoms with Gasteiger partial charge >= 0.3 is 0 Å². The predicted octanol–water partition coefficient (Wildman–Crippen LogP) is 2.94. The molecule has 68 valence electrons. The Morgan fingerprint density at radius 3 is 2.46 bits per heavy atom. The molecular weight excluding hydrogens is 209 g/mol. The van der Waals surface area contributed by atoms with E-state index in [9.17, 15) is 4.79 Å². The molecule has 0 radical (unpaired) electrons. The van der Waals surface area contributed by atoms with Gasteiger partial charge in [-0.3, -0.25) is 4.79 Å². The van der Waals surface area contributed by atoms with Crippen LogP contribution in [0.4, 0.5) is 5.69 Å². The smallest absolute Gasteiger partial charge is 0.268 e. The molecule has 4 heteroatoms. The van der Waals surface area contributed by atoms with Gasteiger partial charge < -0.3 is 5.32 Å². The average Bonchev–Trinajstić information content (AvgIpc) is 2.18. The first-order valence-electron chi connectivity index (χ1n) is 3.56. The Kier molecular flexibility index (Phi) is 3.80. The second kappa shape index (κ2) is 4.90. The maximum atomic E-state index is 11.1. The van der Waals surface area contributed by atoms with Crippen LogP contribution in [0, 0.1) is 0 Å². The lowest BCUT2D eigenvalue weighted by atomic mass is 10.3. The van der Waals surface area contributed by atoms with E-state index in [-0.39, 0.29) is 5.03 Å². The molecule has 0 fully saturated rings. The Morgan fingerprint density at radius 1 is 1.31 bits per heavy atom. The first-order valence-corrected chi connectivity index (χ1v) is 4.38. The third kappa shape index (κ3) is 3.09. The van der Waals surface area contributed by atoms with Crippen LogP contribution in [0.3, 0.4) is 0 Å². The van der Waals surface area contributed by atoms with Crippen molar-refractivity contribution in [1.82, 2.24) is 0 Å². The van der Waals surface area contributed by atoms with Crippen molar-refractivity contribution in [2.24, 2.45) is 0 Å². The van der Waals surface area contributed by atoms with Crippen LogP contribution >= 0.6 is 23.2 Å². The molecular formula is C9H7Cl2NO. The topological polar surface area (TPSA) is 29.1 Å². The molecule has 1 amide bonds. The first-order chi connectivity index (χ1) is 6.24. The molecule has 0 unspecified atom stereocenters. The molecule has 0 saturated carbocycles. The molecule has 0 aromatic heterocycles. The van der Waals surface area contributed by atoms with E-state index >= 15 is 0 Å². The molecule has 0 aliphatic heterocycles. The largest absolute Gasteiger partial charge is 0.321 e. The second-order valence-corrected chi connectivity index (χ2v) is 2.90. The SMILES string of the molecule is O=C(Nc1ccccc1)/C(Cl)=C/Cl. The summed E-state index contributed by atoms with van der Waals surface area (Å²) in [7, 11) is 0. The highest BCUT2D eigenvalue weighted by Gasteiger charge is 2.04. The van der Waals surface area contributed by atoms with Crippen LogP contribution in [0.1, 0.15) is 0 Å². The Bertz CT molecular complexity index is 322. The van der Waals surface area contributed by atoms with Gasteiger partial charge in [0.15, 0.2) is 0 Å². The number of rotatable bonds is 2. The molecule has 0 saturated heterocycles. The molecule has 0 spiro atoms. The number of para-hydroxylation sites is 1. The van der Waals surface area contributed by atoms with Crippen LogP contribution in [0.2, 0.25) is 0 Å². The summed E-state index contributed by atoms with van der Waals surface area (Å²) in [5.74, 6) is -0.414. The van der Waals surface area contributed by atoms with Gasteiger partial charge in [-0.1, -0.05) is 41.4 Å². The Morgan fingerprint density at radius 2 is 1.92 bits per heavy atom. The summed E-state index contributed by atoms with van der Waals surface area (Å²) in [5, 5.41) is 2.53. The van der Waals surface area contributed by atoms with Crippen molar-refractivity contribution in [3.05, 3.63) is 40.9 Å². The summed E-state index contributed by atoms with van der Waals surface area (Å²) in [4.78, 5) is 11.1. The summed E-state index contributed by atoms with van der Waals surface area (Å²) in [5.41, 5.74) is 1.71. The van der Waals surface area contributed by atoms with Crippen molar-refractivity contribution in [1.29, 1.82) is 0 Å². The zero-order chi connectivity index (χ0) is 9.68. The quantitative estimate of drug-likeness (QED) is 0.756. The summed E-state index contributed by atoms with van der Waals surface area (Å²) in [6.45, 7) is 0. The van der Waals surface area contributed by atoms with Crippen molar-refractivity contribution in [3.8, 4) is 0 Å². The number of amides is 1. The third-order valence-electron chi connectivity index (χ3n) is 1.34. The second-order valence-electron chi connectivity index (χ2n) is 2.28. The van der Waals surface area contributed by atoms with Gasteiger partial charge in [-0.2, -0.15) is 0 Å². The highest BCUT2D eigenvalue weighted by molar-refractivity contribution is 6.47. The fraction of sp³-hybridized carbons (Fsp3) is 0. The first kappa shape index (κ1) is 10.1. The van der Waals surface area contributed by atoms with Crippen molar-refractivity contribution < 1.29 is 4.79 Å². The van der Waals surface area contributed by atoms with Crippen LogP contribution in [0.25, 0.3) is 0 Å². The fourth-order valence-electron chi connectivity index (χ4n) is 0.762. The van der Waals surface area contributed by atoms with Gasteiger partial charge in [-0.25, -0.2) is 0 Å². The van der Waals surface area contributed by atoms with Crippen LogP contribution in [0.15, 0.2) is 40.9 Å². The molecule has 1 rings (SSSR count). The van der Waals surface area contributed by atoms with Gasteiger partial charge in [0.1, 0.15) is 5.03 Å². The van der Waals surface area contributed by atoms with Gasteiger partial charge in [0.25, 0.3) is 5.91 Å². The predicted molar refractivity (Wildman–Crippen MR) is 54.9 cm³/mol. The molecule has 0 atom stereocenters. The average molecular weight is 216 g/mol. The standard InChI is InChI=1S/C9H7Cl2NO/c10-6-8(11)9(13)12-7-4-2-1-3-5-7/h1-6H,(H,12,13)/b8-6-. The van der Waals surface area contributed by atoms with Gasteiger partial charge in [-0.15, -0.1) is 0 Å². The summed E-state index contributed by atoms with van der Waals surface area (Å²) >= 11 is 10.7. The number of hydrogen-bond acceptors (Lipinski definition) is 1. The van der Waals surface area contributed by atoms with E-state index in [4.69, 9.17) is 23.2 Å².